The van der Waals surface area contributed by atoms with Crippen molar-refractivity contribution in [2.75, 3.05) is 0 Å². The van der Waals surface area contributed by atoms with Gasteiger partial charge in [0.05, 0.1) is 34.2 Å². The molecular weight excluding hydrogens is 526 g/mol. The topological polar surface area (TPSA) is 101 Å². The monoisotopic (exact) mass is 551 g/mol. The highest BCUT2D eigenvalue weighted by atomic mass is 16.3. The Morgan fingerprint density at radius 2 is 1.45 bits per heavy atom. The number of hydrogen-bond donors (Lipinski definition) is 1. The highest BCUT2D eigenvalue weighted by Gasteiger charge is 2.60. The number of carbonyl (C=O) groups excluding carboxylic acids is 2. The molecule has 42 heavy (non-hydrogen) atoms. The highest BCUT2D eigenvalue weighted by Crippen LogP contribution is 2.54. The van der Waals surface area contributed by atoms with E-state index in [4.69, 9.17) is 4.98 Å². The van der Waals surface area contributed by atoms with Gasteiger partial charge in [0.15, 0.2) is 11.3 Å². The van der Waals surface area contributed by atoms with E-state index in [9.17, 15) is 14.7 Å². The van der Waals surface area contributed by atoms with E-state index in [-0.39, 0.29) is 24.7 Å². The van der Waals surface area contributed by atoms with Crippen LogP contribution in [0.3, 0.4) is 0 Å². The molecule has 4 heterocycles. The molecule has 1 saturated carbocycles. The van der Waals surface area contributed by atoms with Crippen LogP contribution >= 0.6 is 0 Å². The van der Waals surface area contributed by atoms with E-state index < -0.39 is 11.1 Å². The van der Waals surface area contributed by atoms with Crippen LogP contribution in [0.5, 0.6) is 0 Å². The Morgan fingerprint density at radius 1 is 0.786 bits per heavy atom. The van der Waals surface area contributed by atoms with Crippen molar-refractivity contribution in [2.45, 2.75) is 30.9 Å². The third kappa shape index (κ3) is 3.48. The van der Waals surface area contributed by atoms with E-state index in [1.54, 1.807) is 41.9 Å². The molecule has 1 aliphatic heterocycles. The summed E-state index contributed by atoms with van der Waals surface area (Å²) in [7, 11) is 0. The van der Waals surface area contributed by atoms with Crippen molar-refractivity contribution in [1.29, 1.82) is 0 Å². The predicted molar refractivity (Wildman–Crippen MR) is 158 cm³/mol. The molecule has 1 fully saturated rings. The van der Waals surface area contributed by atoms with Crippen molar-refractivity contribution in [2.24, 2.45) is 0 Å². The van der Waals surface area contributed by atoms with Crippen LogP contribution in [0.1, 0.15) is 46.0 Å². The van der Waals surface area contributed by atoms with Gasteiger partial charge in [-0.25, -0.2) is 9.97 Å². The highest BCUT2D eigenvalue weighted by molar-refractivity contribution is 6.22. The number of amides is 2. The smallest absolute Gasteiger partial charge is 0.262 e. The Kier molecular flexibility index (Phi) is 5.06. The maximum Gasteiger partial charge on any atom is 0.262 e. The third-order valence-corrected chi connectivity index (χ3v) is 8.54. The van der Waals surface area contributed by atoms with Crippen molar-refractivity contribution in [3.05, 3.63) is 120 Å². The fourth-order valence-corrected chi connectivity index (χ4v) is 6.75. The van der Waals surface area contributed by atoms with Gasteiger partial charge in [0.2, 0.25) is 0 Å². The average molecular weight is 552 g/mol. The van der Waals surface area contributed by atoms with Gasteiger partial charge in [0.1, 0.15) is 0 Å². The first-order chi connectivity index (χ1) is 20.3. The number of rotatable bonds is 4. The summed E-state index contributed by atoms with van der Waals surface area (Å²) in [5.74, 6) is -0.649. The Hall–Kier alpha value is -5.21. The fraction of sp³-hybridized carbons (Fsp3) is 0.147. The molecule has 0 saturated heterocycles. The van der Waals surface area contributed by atoms with E-state index in [2.05, 4.69) is 16.1 Å². The number of nitrogens with zero attached hydrogens (tertiary/aromatic N) is 5. The molecule has 0 unspecified atom stereocenters. The van der Waals surface area contributed by atoms with Crippen molar-refractivity contribution in [3.63, 3.8) is 0 Å². The van der Waals surface area contributed by atoms with Gasteiger partial charge in [-0.15, -0.1) is 0 Å². The van der Waals surface area contributed by atoms with Crippen molar-refractivity contribution >= 4 is 28.5 Å². The largest absolute Gasteiger partial charge is 0.390 e. The van der Waals surface area contributed by atoms with Gasteiger partial charge in [-0.2, -0.15) is 9.61 Å². The summed E-state index contributed by atoms with van der Waals surface area (Å²) in [5.41, 5.74) is 4.69. The molecule has 0 radical (unpaired) electrons. The summed E-state index contributed by atoms with van der Waals surface area (Å²) in [6.07, 6.45) is 4.04. The van der Waals surface area contributed by atoms with E-state index in [1.807, 2.05) is 66.9 Å². The van der Waals surface area contributed by atoms with E-state index in [0.29, 0.717) is 22.4 Å². The first-order valence-electron chi connectivity index (χ1n) is 13.8. The number of benzene rings is 3. The average Bonchev–Trinajstić information content (AvgIpc) is 3.58. The van der Waals surface area contributed by atoms with Crippen LogP contribution in [0, 0.1) is 0 Å². The number of pyridine rings is 1. The number of hydrogen-bond acceptors (Lipinski definition) is 6. The Balaban J connectivity index is 1.27. The maximum atomic E-state index is 13.5. The van der Waals surface area contributed by atoms with Crippen LogP contribution in [0.4, 0.5) is 0 Å². The van der Waals surface area contributed by atoms with Gasteiger partial charge >= 0.3 is 0 Å². The second-order valence-electron chi connectivity index (χ2n) is 11.5. The minimum Gasteiger partial charge on any atom is -0.390 e. The fourth-order valence-electron chi connectivity index (χ4n) is 6.75. The Morgan fingerprint density at radius 3 is 2.12 bits per heavy atom. The molecule has 3 aromatic heterocycles. The van der Waals surface area contributed by atoms with Crippen LogP contribution in [0.25, 0.3) is 39.1 Å². The molecule has 6 aromatic rings. The van der Waals surface area contributed by atoms with E-state index in [1.165, 1.54) is 4.90 Å². The number of fused-ring (bicyclic) bond motifs is 4. The lowest BCUT2D eigenvalue weighted by Gasteiger charge is -2.55. The molecular formula is C34H25N5O3. The quantitative estimate of drug-likeness (QED) is 0.284. The zero-order valence-electron chi connectivity index (χ0n) is 22.7. The summed E-state index contributed by atoms with van der Waals surface area (Å²) < 4.78 is 1.73. The summed E-state index contributed by atoms with van der Waals surface area (Å²) >= 11 is 0. The lowest BCUT2D eigenvalue weighted by atomic mass is 9.61. The number of imide groups is 1. The summed E-state index contributed by atoms with van der Waals surface area (Å²) in [6, 6.07) is 28.7. The SMILES string of the molecule is C[C@]1(O)C[C@@](c2ccc(-c3nc4c(cnc5ccnn54)cc3-c3ccccc3)cc2)(N2C(=O)c3ccccc3C2=O)C1. The van der Waals surface area contributed by atoms with Crippen LogP contribution in [-0.4, -0.2) is 47.0 Å². The first kappa shape index (κ1) is 24.6. The maximum absolute atomic E-state index is 13.5. The second-order valence-corrected chi connectivity index (χ2v) is 11.5. The molecule has 0 bridgehead atoms. The Labute approximate surface area is 240 Å². The minimum atomic E-state index is -0.989. The molecule has 8 rings (SSSR count). The second kappa shape index (κ2) is 8.64. The third-order valence-electron chi connectivity index (χ3n) is 8.54. The van der Waals surface area contributed by atoms with Gasteiger partial charge in [-0.3, -0.25) is 14.5 Å². The number of aromatic nitrogens is 4. The summed E-state index contributed by atoms with van der Waals surface area (Å²) in [5, 5.41) is 16.2. The lowest BCUT2D eigenvalue weighted by molar-refractivity contribution is -0.118. The van der Waals surface area contributed by atoms with E-state index >= 15 is 0 Å². The van der Waals surface area contributed by atoms with Crippen LogP contribution in [0.2, 0.25) is 0 Å². The van der Waals surface area contributed by atoms with Crippen LogP contribution in [0.15, 0.2) is 103 Å². The molecule has 1 N–H and O–H groups in total. The normalized spacial score (nSPS) is 21.6. The van der Waals surface area contributed by atoms with Crippen molar-refractivity contribution < 1.29 is 14.7 Å². The molecule has 0 atom stereocenters. The van der Waals surface area contributed by atoms with Gasteiger partial charge < -0.3 is 5.11 Å². The van der Waals surface area contributed by atoms with E-state index in [0.717, 1.165) is 33.3 Å². The van der Waals surface area contributed by atoms with Crippen LogP contribution in [-0.2, 0) is 5.54 Å². The summed E-state index contributed by atoms with van der Waals surface area (Å²) in [4.78, 5) is 38.0. The molecule has 0 spiro atoms. The van der Waals surface area contributed by atoms with Gasteiger partial charge in [0, 0.05) is 41.6 Å². The molecule has 2 aliphatic rings. The predicted octanol–water partition coefficient (Wildman–Crippen LogP) is 5.65. The van der Waals surface area contributed by atoms with Gasteiger partial charge in [-0.1, -0.05) is 66.7 Å². The number of aliphatic hydroxyl groups is 1. The molecule has 1 aliphatic carbocycles. The molecule has 3 aromatic carbocycles. The standard InChI is InChI=1S/C34H25N5O3/c1-33(42)19-34(20-33,38-31(40)25-9-5-6-10-26(25)32(38)41)24-13-11-22(12-14-24)29-27(21-7-3-2-4-8-21)17-23-18-35-28-15-16-36-39(28)30(23)37-29/h2-18,42H,19-20H2,1H3/t33-,34+. The first-order valence-corrected chi connectivity index (χ1v) is 13.8. The zero-order chi connectivity index (χ0) is 28.6. The summed E-state index contributed by atoms with van der Waals surface area (Å²) in [6.45, 7) is 1.74. The zero-order valence-corrected chi connectivity index (χ0v) is 22.7. The molecule has 8 heteroatoms. The Bertz CT molecular complexity index is 2020. The lowest BCUT2D eigenvalue weighted by Crippen LogP contribution is -2.63. The van der Waals surface area contributed by atoms with Crippen LogP contribution < -0.4 is 0 Å². The van der Waals surface area contributed by atoms with Crippen molar-refractivity contribution in [1.82, 2.24) is 24.5 Å². The molecule has 204 valence electrons. The van der Waals surface area contributed by atoms with Gasteiger partial charge in [-0.05, 0) is 36.2 Å². The number of carbonyl (C=O) groups is 2. The van der Waals surface area contributed by atoms with Gasteiger partial charge in [0.25, 0.3) is 11.8 Å². The minimum absolute atomic E-state index is 0.262. The van der Waals surface area contributed by atoms with Crippen molar-refractivity contribution in [3.8, 4) is 22.4 Å². The molecule has 8 nitrogen and oxygen atoms in total. The molecule has 2 amide bonds.